The molecule has 0 aromatic carbocycles. The van der Waals surface area contributed by atoms with Crippen LogP contribution in [0, 0.1) is 0 Å². The van der Waals surface area contributed by atoms with Gasteiger partial charge in [-0.25, -0.2) is 4.90 Å². The molecule has 26 heavy (non-hydrogen) atoms. The normalized spacial score (nSPS) is 19.5. The minimum absolute atomic E-state index is 0.349. The fourth-order valence-electron chi connectivity index (χ4n) is 2.06. The largest absolute Gasteiger partial charge is 0.493 e. The molecule has 1 heterocycles. The van der Waals surface area contributed by atoms with Gasteiger partial charge in [-0.1, -0.05) is 0 Å². The third kappa shape index (κ3) is 5.20. The van der Waals surface area contributed by atoms with E-state index in [9.17, 15) is 57.1 Å². The van der Waals surface area contributed by atoms with Crippen molar-refractivity contribution in [2.24, 2.45) is 0 Å². The Morgan fingerprint density at radius 2 is 1.04 bits per heavy atom. The molecule has 154 valence electrons. The van der Waals surface area contributed by atoms with E-state index in [-0.39, 0.29) is 9.80 Å². The second-order valence-corrected chi connectivity index (χ2v) is 4.85. The predicted octanol–water partition coefficient (Wildman–Crippen LogP) is 4.17. The quantitative estimate of drug-likeness (QED) is 0.494. The summed E-state index contributed by atoms with van der Waals surface area (Å²) >= 11 is 0. The van der Waals surface area contributed by atoms with Crippen molar-refractivity contribution in [3.05, 3.63) is 11.6 Å². The molecule has 16 heteroatoms. The molecule has 0 bridgehead atoms. The zero-order valence-corrected chi connectivity index (χ0v) is 12.1. The average Bonchev–Trinajstić information content (AvgIpc) is 2.39. The Morgan fingerprint density at radius 3 is 1.31 bits per heavy atom. The van der Waals surface area contributed by atoms with Crippen LogP contribution in [0.5, 0.6) is 0 Å². The number of hydrogen-bond acceptors (Lipinski definition) is 3. The Labute approximate surface area is 136 Å². The lowest BCUT2D eigenvalue weighted by Crippen LogP contribution is -2.57. The zero-order valence-electron chi connectivity index (χ0n) is 12.1. The van der Waals surface area contributed by atoms with Gasteiger partial charge >= 0.3 is 25.1 Å². The van der Waals surface area contributed by atoms with Crippen LogP contribution in [0.3, 0.4) is 0 Å². The van der Waals surface area contributed by atoms with E-state index < -0.39 is 67.8 Å². The summed E-state index contributed by atoms with van der Waals surface area (Å²) in [6.45, 7) is -5.24. The molecule has 1 fully saturated rings. The van der Waals surface area contributed by atoms with Gasteiger partial charge < -0.3 is 4.90 Å². The zero-order chi connectivity index (χ0) is 20.7. The maximum absolute atomic E-state index is 13.4. The highest BCUT2D eigenvalue weighted by Crippen LogP contribution is 2.43. The fraction of sp³-hybridized carbons (Fsp3) is 0.800. The van der Waals surface area contributed by atoms with Gasteiger partial charge in [0.2, 0.25) is 5.83 Å². The van der Waals surface area contributed by atoms with E-state index in [1.165, 1.54) is 0 Å². The van der Waals surface area contributed by atoms with Gasteiger partial charge in [0.1, 0.15) is 0 Å². The van der Waals surface area contributed by atoms with Gasteiger partial charge in [0.15, 0.2) is 5.82 Å². The molecule has 1 saturated heterocycles. The molecule has 0 radical (unpaired) electrons. The Bertz CT molecular complexity index is 504. The molecule has 0 aliphatic carbocycles. The van der Waals surface area contributed by atoms with Crippen LogP contribution in [0.4, 0.5) is 57.1 Å². The molecule has 0 amide bonds. The molecule has 3 nitrogen and oxygen atoms in total. The molecular weight excluding hydrogens is 409 g/mol. The van der Waals surface area contributed by atoms with Crippen molar-refractivity contribution in [2.75, 3.05) is 26.2 Å². The van der Waals surface area contributed by atoms with Crippen LogP contribution in [-0.2, 0) is 0 Å². The van der Waals surface area contributed by atoms with E-state index in [0.29, 0.717) is 0 Å². The Kier molecular flexibility index (Phi) is 5.91. The minimum atomic E-state index is -6.52. The molecule has 0 aromatic rings. The number of rotatable bonds is 2. The van der Waals surface area contributed by atoms with E-state index in [0.717, 1.165) is 0 Å². The van der Waals surface area contributed by atoms with E-state index in [1.54, 1.807) is 0 Å². The summed E-state index contributed by atoms with van der Waals surface area (Å²) in [6, 6.07) is 0. The van der Waals surface area contributed by atoms with E-state index in [1.807, 2.05) is 0 Å². The molecule has 0 saturated carbocycles. The molecular formula is C10H8F13N3. The van der Waals surface area contributed by atoms with Crippen molar-refractivity contribution < 1.29 is 57.1 Å². The van der Waals surface area contributed by atoms with Crippen LogP contribution in [0.1, 0.15) is 0 Å². The third-order valence-corrected chi connectivity index (χ3v) is 3.10. The summed E-state index contributed by atoms with van der Waals surface area (Å²) in [5.74, 6) is -6.69. The van der Waals surface area contributed by atoms with Gasteiger partial charge in [0.25, 0.3) is 0 Å². The highest BCUT2D eigenvalue weighted by atomic mass is 19.4. The Hall–Kier alpha value is -1.61. The van der Waals surface area contributed by atoms with Crippen molar-refractivity contribution >= 4 is 0 Å². The highest BCUT2D eigenvalue weighted by Gasteiger charge is 2.59. The smallest absolute Gasteiger partial charge is 0.353 e. The lowest BCUT2D eigenvalue weighted by atomic mass is 10.3. The van der Waals surface area contributed by atoms with Gasteiger partial charge in [-0.2, -0.15) is 35.6 Å². The molecule has 1 aliphatic heterocycles. The number of allylic oxidation sites excluding steroid dienone is 1. The summed E-state index contributed by atoms with van der Waals surface area (Å²) in [6.07, 6.45) is -24.3. The number of halogens is 13. The standard InChI is InChI=1S/C10H8F13N3/c11-5(7(12,13)14)6(26(9(18,19)20)10(21,22)23)24-1-3-25(4-2-24)8(15,16)17/h1-4H2/b6-5+. The lowest BCUT2D eigenvalue weighted by molar-refractivity contribution is -0.367. The van der Waals surface area contributed by atoms with Crippen LogP contribution in [0.25, 0.3) is 0 Å². The summed E-state index contributed by atoms with van der Waals surface area (Å²) in [5, 5.41) is 0. The van der Waals surface area contributed by atoms with Crippen molar-refractivity contribution in [3.63, 3.8) is 0 Å². The third-order valence-electron chi connectivity index (χ3n) is 3.10. The SMILES string of the molecule is F/C(=C(\N1CCN(C(F)(F)F)CC1)N(C(F)(F)F)C(F)(F)F)C(F)(F)F. The first-order valence-electron chi connectivity index (χ1n) is 6.34. The van der Waals surface area contributed by atoms with Crippen molar-refractivity contribution in [3.8, 4) is 0 Å². The summed E-state index contributed by atoms with van der Waals surface area (Å²) < 4.78 is 164. The first kappa shape index (κ1) is 22.4. The van der Waals surface area contributed by atoms with Gasteiger partial charge in [-0.15, -0.1) is 26.3 Å². The fourth-order valence-corrected chi connectivity index (χ4v) is 2.06. The summed E-state index contributed by atoms with van der Waals surface area (Å²) in [5.41, 5.74) is 0. The van der Waals surface area contributed by atoms with Crippen LogP contribution >= 0.6 is 0 Å². The molecule has 0 spiro atoms. The topological polar surface area (TPSA) is 9.72 Å². The highest BCUT2D eigenvalue weighted by molar-refractivity contribution is 5.13. The van der Waals surface area contributed by atoms with Crippen molar-refractivity contribution in [1.82, 2.24) is 14.7 Å². The first-order valence-corrected chi connectivity index (χ1v) is 6.34. The van der Waals surface area contributed by atoms with Crippen molar-refractivity contribution in [2.45, 2.75) is 25.1 Å². The van der Waals surface area contributed by atoms with Crippen molar-refractivity contribution in [1.29, 1.82) is 0 Å². The Morgan fingerprint density at radius 1 is 0.654 bits per heavy atom. The minimum Gasteiger partial charge on any atom is -0.353 e. The van der Waals surface area contributed by atoms with Gasteiger partial charge in [0, 0.05) is 26.2 Å². The van der Waals surface area contributed by atoms with Gasteiger partial charge in [0.05, 0.1) is 0 Å². The lowest BCUT2D eigenvalue weighted by Gasteiger charge is -2.42. The predicted molar refractivity (Wildman–Crippen MR) is 57.3 cm³/mol. The van der Waals surface area contributed by atoms with Crippen LogP contribution in [-0.4, -0.2) is 66.0 Å². The Balaban J connectivity index is 3.38. The van der Waals surface area contributed by atoms with Crippen LogP contribution in [0.15, 0.2) is 11.6 Å². The maximum Gasteiger partial charge on any atom is 0.493 e. The van der Waals surface area contributed by atoms with E-state index >= 15 is 0 Å². The molecule has 1 aliphatic rings. The molecule has 0 N–H and O–H groups in total. The van der Waals surface area contributed by atoms with E-state index in [2.05, 4.69) is 0 Å². The first-order chi connectivity index (χ1) is 11.4. The van der Waals surface area contributed by atoms with Gasteiger partial charge in [-0.05, 0) is 0 Å². The number of nitrogens with zero attached hydrogens (tertiary/aromatic N) is 3. The van der Waals surface area contributed by atoms with Crippen LogP contribution < -0.4 is 0 Å². The molecule has 0 aromatic heterocycles. The maximum atomic E-state index is 13.4. The van der Waals surface area contributed by atoms with E-state index in [4.69, 9.17) is 0 Å². The van der Waals surface area contributed by atoms with Gasteiger partial charge in [-0.3, -0.25) is 0 Å². The molecule has 1 rings (SSSR count). The number of piperazine rings is 1. The average molecular weight is 417 g/mol. The number of alkyl halides is 12. The molecule has 0 unspecified atom stereocenters. The summed E-state index contributed by atoms with van der Waals surface area (Å²) in [7, 11) is 0. The molecule has 0 atom stereocenters. The second-order valence-electron chi connectivity index (χ2n) is 4.85. The monoisotopic (exact) mass is 417 g/mol. The number of hydrogen-bond donors (Lipinski definition) is 0. The summed E-state index contributed by atoms with van der Waals surface area (Å²) in [4.78, 5) is -3.45. The van der Waals surface area contributed by atoms with Crippen LogP contribution in [0.2, 0.25) is 0 Å². The second kappa shape index (κ2) is 6.84.